The van der Waals surface area contributed by atoms with Crippen molar-refractivity contribution in [2.75, 3.05) is 6.54 Å². The zero-order valence-corrected chi connectivity index (χ0v) is 12.4. The molecule has 0 fully saturated rings. The SMILES string of the molecule is CCN(Cc1ccccn1)C(=O)c1ccc(Br)s1. The number of pyridine rings is 1. The molecule has 0 bridgehead atoms. The lowest BCUT2D eigenvalue weighted by molar-refractivity contribution is 0.0755. The Morgan fingerprint density at radius 2 is 2.22 bits per heavy atom. The Bertz CT molecular complexity index is 527. The number of nitrogens with zero attached hydrogens (tertiary/aromatic N) is 2. The third-order valence-corrected chi connectivity index (χ3v) is 4.14. The number of hydrogen-bond acceptors (Lipinski definition) is 3. The average Bonchev–Trinajstić information content (AvgIpc) is 2.83. The maximum atomic E-state index is 12.3. The van der Waals surface area contributed by atoms with Crippen LogP contribution >= 0.6 is 27.3 Å². The molecule has 2 heterocycles. The van der Waals surface area contributed by atoms with Crippen molar-refractivity contribution in [2.24, 2.45) is 0 Å². The molecule has 0 aromatic carbocycles. The molecule has 0 aliphatic heterocycles. The lowest BCUT2D eigenvalue weighted by Crippen LogP contribution is -2.30. The predicted molar refractivity (Wildman–Crippen MR) is 76.7 cm³/mol. The fraction of sp³-hybridized carbons (Fsp3) is 0.231. The normalized spacial score (nSPS) is 10.3. The summed E-state index contributed by atoms with van der Waals surface area (Å²) in [5.41, 5.74) is 0.906. The van der Waals surface area contributed by atoms with E-state index in [1.165, 1.54) is 11.3 Å². The van der Waals surface area contributed by atoms with Gasteiger partial charge >= 0.3 is 0 Å². The van der Waals surface area contributed by atoms with E-state index in [9.17, 15) is 4.79 Å². The number of amides is 1. The summed E-state index contributed by atoms with van der Waals surface area (Å²) < 4.78 is 0.972. The highest BCUT2D eigenvalue weighted by Gasteiger charge is 2.16. The smallest absolute Gasteiger partial charge is 0.264 e. The first-order valence-corrected chi connectivity index (χ1v) is 7.26. The van der Waals surface area contributed by atoms with Gasteiger partial charge < -0.3 is 4.90 Å². The Balaban J connectivity index is 2.12. The van der Waals surface area contributed by atoms with E-state index in [0.717, 1.165) is 14.4 Å². The van der Waals surface area contributed by atoms with E-state index in [0.29, 0.717) is 13.1 Å². The fourth-order valence-electron chi connectivity index (χ4n) is 1.60. The minimum atomic E-state index is 0.0545. The molecule has 0 unspecified atom stereocenters. The molecule has 0 aliphatic rings. The Morgan fingerprint density at radius 1 is 1.39 bits per heavy atom. The van der Waals surface area contributed by atoms with E-state index in [1.807, 2.05) is 37.3 Å². The van der Waals surface area contributed by atoms with E-state index in [4.69, 9.17) is 0 Å². The summed E-state index contributed by atoms with van der Waals surface area (Å²) in [7, 11) is 0. The summed E-state index contributed by atoms with van der Waals surface area (Å²) in [6, 6.07) is 9.48. The van der Waals surface area contributed by atoms with Gasteiger partial charge in [0.2, 0.25) is 0 Å². The lowest BCUT2D eigenvalue weighted by Gasteiger charge is -2.19. The van der Waals surface area contributed by atoms with Crippen LogP contribution in [0.1, 0.15) is 22.3 Å². The maximum absolute atomic E-state index is 12.3. The molecular weight excluding hydrogens is 312 g/mol. The number of thiophene rings is 1. The monoisotopic (exact) mass is 324 g/mol. The first-order chi connectivity index (χ1) is 8.70. The van der Waals surface area contributed by atoms with E-state index in [2.05, 4.69) is 20.9 Å². The van der Waals surface area contributed by atoms with Crippen LogP contribution in [-0.2, 0) is 6.54 Å². The number of hydrogen-bond donors (Lipinski definition) is 0. The molecule has 1 amide bonds. The van der Waals surface area contributed by atoms with Crippen LogP contribution in [0.15, 0.2) is 40.3 Å². The van der Waals surface area contributed by atoms with Crippen LogP contribution in [-0.4, -0.2) is 22.3 Å². The van der Waals surface area contributed by atoms with Crippen molar-refractivity contribution in [3.05, 3.63) is 50.9 Å². The van der Waals surface area contributed by atoms with Crippen molar-refractivity contribution >= 4 is 33.2 Å². The topological polar surface area (TPSA) is 33.2 Å². The molecule has 3 nitrogen and oxygen atoms in total. The number of rotatable bonds is 4. The zero-order valence-electron chi connectivity index (χ0n) is 9.97. The van der Waals surface area contributed by atoms with Crippen molar-refractivity contribution in [1.29, 1.82) is 0 Å². The standard InChI is InChI=1S/C13H13BrN2OS/c1-2-16(9-10-5-3-4-8-15-10)13(17)11-6-7-12(14)18-11/h3-8H,2,9H2,1H3. The predicted octanol–water partition coefficient (Wildman–Crippen LogP) is 3.57. The Hall–Kier alpha value is -1.20. The first kappa shape index (κ1) is 13.2. The second kappa shape index (κ2) is 6.11. The van der Waals surface area contributed by atoms with Gasteiger partial charge in [-0.2, -0.15) is 0 Å². The second-order valence-corrected chi connectivity index (χ2v) is 6.21. The van der Waals surface area contributed by atoms with Gasteiger partial charge in [0, 0.05) is 12.7 Å². The molecular formula is C13H13BrN2OS. The Morgan fingerprint density at radius 3 is 2.78 bits per heavy atom. The second-order valence-electron chi connectivity index (χ2n) is 3.74. The van der Waals surface area contributed by atoms with Crippen molar-refractivity contribution in [3.63, 3.8) is 0 Å². The van der Waals surface area contributed by atoms with Crippen LogP contribution in [0.3, 0.4) is 0 Å². The van der Waals surface area contributed by atoms with Crippen molar-refractivity contribution in [1.82, 2.24) is 9.88 Å². The van der Waals surface area contributed by atoms with Crippen LogP contribution in [0.2, 0.25) is 0 Å². The highest BCUT2D eigenvalue weighted by atomic mass is 79.9. The average molecular weight is 325 g/mol. The molecule has 0 radical (unpaired) electrons. The Labute approximate surface area is 119 Å². The van der Waals surface area contributed by atoms with Crippen molar-refractivity contribution in [2.45, 2.75) is 13.5 Å². The number of carbonyl (C=O) groups is 1. The van der Waals surface area contributed by atoms with Crippen molar-refractivity contribution in [3.8, 4) is 0 Å². The summed E-state index contributed by atoms with van der Waals surface area (Å²) in [5.74, 6) is 0.0545. The van der Waals surface area contributed by atoms with Gasteiger partial charge in [0.05, 0.1) is 20.9 Å². The van der Waals surface area contributed by atoms with Gasteiger partial charge in [-0.05, 0) is 47.1 Å². The minimum absolute atomic E-state index is 0.0545. The molecule has 0 saturated carbocycles. The van der Waals surface area contributed by atoms with E-state index in [-0.39, 0.29) is 5.91 Å². The molecule has 0 atom stereocenters. The largest absolute Gasteiger partial charge is 0.332 e. The number of aromatic nitrogens is 1. The van der Waals surface area contributed by atoms with Gasteiger partial charge in [-0.25, -0.2) is 0 Å². The minimum Gasteiger partial charge on any atom is -0.332 e. The molecule has 2 aromatic heterocycles. The number of halogens is 1. The van der Waals surface area contributed by atoms with Gasteiger partial charge in [0.25, 0.3) is 5.91 Å². The molecule has 2 rings (SSSR count). The molecule has 5 heteroatoms. The Kier molecular flexibility index (Phi) is 4.49. The fourth-order valence-corrected chi connectivity index (χ4v) is 2.95. The quantitative estimate of drug-likeness (QED) is 0.861. The molecule has 0 aliphatic carbocycles. The third kappa shape index (κ3) is 3.17. The lowest BCUT2D eigenvalue weighted by atomic mass is 10.3. The van der Waals surface area contributed by atoms with Crippen LogP contribution in [0.25, 0.3) is 0 Å². The molecule has 94 valence electrons. The van der Waals surface area contributed by atoms with E-state index < -0.39 is 0 Å². The van der Waals surface area contributed by atoms with Crippen LogP contribution in [0.5, 0.6) is 0 Å². The van der Waals surface area contributed by atoms with Crippen molar-refractivity contribution < 1.29 is 4.79 Å². The number of carbonyl (C=O) groups excluding carboxylic acids is 1. The zero-order chi connectivity index (χ0) is 13.0. The highest BCUT2D eigenvalue weighted by molar-refractivity contribution is 9.11. The summed E-state index contributed by atoms with van der Waals surface area (Å²) in [5, 5.41) is 0. The van der Waals surface area contributed by atoms with Crippen LogP contribution in [0.4, 0.5) is 0 Å². The summed E-state index contributed by atoms with van der Waals surface area (Å²) in [4.78, 5) is 19.1. The van der Waals surface area contributed by atoms with Gasteiger partial charge in [-0.1, -0.05) is 6.07 Å². The van der Waals surface area contributed by atoms with Gasteiger partial charge in [0.1, 0.15) is 0 Å². The molecule has 18 heavy (non-hydrogen) atoms. The molecule has 0 saturated heterocycles. The summed E-state index contributed by atoms with van der Waals surface area (Å²) >= 11 is 4.83. The van der Waals surface area contributed by atoms with Gasteiger partial charge in [0.15, 0.2) is 0 Å². The molecule has 0 spiro atoms. The third-order valence-electron chi connectivity index (χ3n) is 2.53. The highest BCUT2D eigenvalue weighted by Crippen LogP contribution is 2.23. The van der Waals surface area contributed by atoms with Gasteiger partial charge in [-0.15, -0.1) is 11.3 Å². The van der Waals surface area contributed by atoms with E-state index in [1.54, 1.807) is 11.1 Å². The van der Waals surface area contributed by atoms with E-state index >= 15 is 0 Å². The maximum Gasteiger partial charge on any atom is 0.264 e. The summed E-state index contributed by atoms with van der Waals surface area (Å²) in [6.45, 7) is 3.19. The first-order valence-electron chi connectivity index (χ1n) is 5.65. The summed E-state index contributed by atoms with van der Waals surface area (Å²) in [6.07, 6.45) is 1.75. The van der Waals surface area contributed by atoms with Crippen LogP contribution < -0.4 is 0 Å². The molecule has 2 aromatic rings. The van der Waals surface area contributed by atoms with Crippen LogP contribution in [0, 0.1) is 0 Å². The molecule has 0 N–H and O–H groups in total. The van der Waals surface area contributed by atoms with Gasteiger partial charge in [-0.3, -0.25) is 9.78 Å².